The van der Waals surface area contributed by atoms with Gasteiger partial charge in [0.05, 0.1) is 17.7 Å². The lowest BCUT2D eigenvalue weighted by molar-refractivity contribution is 0.680. The van der Waals surface area contributed by atoms with E-state index in [0.29, 0.717) is 13.1 Å². The van der Waals surface area contributed by atoms with E-state index in [4.69, 9.17) is 5.73 Å². The zero-order chi connectivity index (χ0) is 12.1. The van der Waals surface area contributed by atoms with Crippen molar-refractivity contribution in [1.82, 2.24) is 19.7 Å². The van der Waals surface area contributed by atoms with E-state index < -0.39 is 0 Å². The number of halogens is 1. The number of aromatic nitrogens is 4. The van der Waals surface area contributed by atoms with Crippen molar-refractivity contribution in [2.24, 2.45) is 5.73 Å². The maximum Gasteiger partial charge on any atom is 0.191 e. The monoisotopic (exact) mass is 303 g/mol. The lowest BCUT2D eigenvalue weighted by Crippen LogP contribution is -2.08. The van der Waals surface area contributed by atoms with E-state index in [9.17, 15) is 0 Å². The number of nitrogens with two attached hydrogens (primary N) is 1. The summed E-state index contributed by atoms with van der Waals surface area (Å²) in [4.78, 5) is 4.23. The van der Waals surface area contributed by atoms with Gasteiger partial charge in [-0.2, -0.15) is 0 Å². The van der Waals surface area contributed by atoms with Crippen molar-refractivity contribution in [2.75, 3.05) is 0 Å². The normalized spacial score (nSPS) is 10.1. The Hall–Kier alpha value is -0.890. The first kappa shape index (κ1) is 15.2. The SMILES string of the molecule is C=CCn1c(CN)nnc1SCc1cscn1.Cl. The maximum absolute atomic E-state index is 5.61. The molecule has 0 aromatic carbocycles. The van der Waals surface area contributed by atoms with Gasteiger partial charge >= 0.3 is 0 Å². The molecule has 0 amide bonds. The first-order chi connectivity index (χ1) is 8.35. The third-order valence-electron chi connectivity index (χ3n) is 2.12. The Morgan fingerprint density at radius 1 is 1.50 bits per heavy atom. The molecule has 0 aliphatic carbocycles. The van der Waals surface area contributed by atoms with Crippen LogP contribution in [-0.2, 0) is 18.8 Å². The van der Waals surface area contributed by atoms with E-state index in [1.807, 2.05) is 21.5 Å². The van der Waals surface area contributed by atoms with Crippen LogP contribution in [0.15, 0.2) is 28.7 Å². The molecule has 5 nitrogen and oxygen atoms in total. The summed E-state index contributed by atoms with van der Waals surface area (Å²) in [5, 5.41) is 11.1. The Bertz CT molecular complexity index is 482. The predicted molar refractivity (Wildman–Crippen MR) is 77.0 cm³/mol. The molecule has 2 rings (SSSR count). The average Bonchev–Trinajstić information content (AvgIpc) is 2.96. The van der Waals surface area contributed by atoms with Gasteiger partial charge in [0.2, 0.25) is 0 Å². The third-order valence-corrected chi connectivity index (χ3v) is 3.76. The molecule has 0 radical (unpaired) electrons. The molecule has 18 heavy (non-hydrogen) atoms. The smallest absolute Gasteiger partial charge is 0.191 e. The van der Waals surface area contributed by atoms with Gasteiger partial charge in [-0.05, 0) is 0 Å². The van der Waals surface area contributed by atoms with E-state index in [1.54, 1.807) is 23.1 Å². The molecule has 0 aliphatic heterocycles. The Balaban J connectivity index is 0.00000162. The number of allylic oxidation sites excluding steroid dienone is 1. The molecule has 2 aromatic heterocycles. The lowest BCUT2D eigenvalue weighted by Gasteiger charge is -2.05. The highest BCUT2D eigenvalue weighted by atomic mass is 35.5. The van der Waals surface area contributed by atoms with Gasteiger partial charge in [0, 0.05) is 17.7 Å². The number of thioether (sulfide) groups is 1. The van der Waals surface area contributed by atoms with E-state index in [2.05, 4.69) is 21.8 Å². The molecule has 2 heterocycles. The summed E-state index contributed by atoms with van der Waals surface area (Å²) in [6.07, 6.45) is 1.81. The lowest BCUT2D eigenvalue weighted by atomic mass is 10.5. The van der Waals surface area contributed by atoms with Crippen LogP contribution in [0.2, 0.25) is 0 Å². The van der Waals surface area contributed by atoms with Gasteiger partial charge in [-0.3, -0.25) is 0 Å². The van der Waals surface area contributed by atoms with Crippen molar-refractivity contribution in [3.8, 4) is 0 Å². The third kappa shape index (κ3) is 3.55. The molecular formula is C10H14ClN5S2. The van der Waals surface area contributed by atoms with E-state index in [1.165, 1.54) is 0 Å². The zero-order valence-corrected chi connectivity index (χ0v) is 12.1. The molecule has 0 fully saturated rings. The maximum atomic E-state index is 5.61. The van der Waals surface area contributed by atoms with Gasteiger partial charge in [-0.25, -0.2) is 4.98 Å². The van der Waals surface area contributed by atoms with Crippen molar-refractivity contribution < 1.29 is 0 Å². The van der Waals surface area contributed by atoms with Crippen LogP contribution in [0.3, 0.4) is 0 Å². The Labute approximate surface area is 120 Å². The van der Waals surface area contributed by atoms with Crippen LogP contribution >= 0.6 is 35.5 Å². The highest BCUT2D eigenvalue weighted by molar-refractivity contribution is 7.98. The molecule has 0 unspecified atom stereocenters. The molecule has 0 spiro atoms. The second kappa shape index (κ2) is 7.52. The summed E-state index contributed by atoms with van der Waals surface area (Å²) < 4.78 is 1.98. The summed E-state index contributed by atoms with van der Waals surface area (Å²) >= 11 is 3.21. The molecule has 2 N–H and O–H groups in total. The standard InChI is InChI=1S/C10H13N5S2.ClH/c1-2-3-15-9(4-11)13-14-10(15)17-6-8-5-16-7-12-8;/h2,5,7H,1,3-4,6,11H2;1H. The molecule has 0 saturated heterocycles. The van der Waals surface area contributed by atoms with Crippen LogP contribution in [0, 0.1) is 0 Å². The highest BCUT2D eigenvalue weighted by Crippen LogP contribution is 2.21. The van der Waals surface area contributed by atoms with Gasteiger partial charge in [-0.15, -0.1) is 40.5 Å². The van der Waals surface area contributed by atoms with Crippen LogP contribution in [0.4, 0.5) is 0 Å². The quantitative estimate of drug-likeness (QED) is 0.653. The molecule has 2 aromatic rings. The fourth-order valence-electron chi connectivity index (χ4n) is 1.34. The second-order valence-electron chi connectivity index (χ2n) is 3.27. The predicted octanol–water partition coefficient (Wildman–Crippen LogP) is 2.09. The van der Waals surface area contributed by atoms with E-state index >= 15 is 0 Å². The Morgan fingerprint density at radius 2 is 2.33 bits per heavy atom. The van der Waals surface area contributed by atoms with Crippen LogP contribution < -0.4 is 5.73 Å². The summed E-state index contributed by atoms with van der Waals surface area (Å²) in [6.45, 7) is 4.79. The Kier molecular flexibility index (Phi) is 6.34. The van der Waals surface area contributed by atoms with Gasteiger partial charge in [-0.1, -0.05) is 17.8 Å². The summed E-state index contributed by atoms with van der Waals surface area (Å²) in [5.41, 5.74) is 8.49. The minimum Gasteiger partial charge on any atom is -0.324 e. The van der Waals surface area contributed by atoms with Crippen LogP contribution in [0.5, 0.6) is 0 Å². The number of nitrogens with zero attached hydrogens (tertiary/aromatic N) is 4. The van der Waals surface area contributed by atoms with Gasteiger partial charge in [0.15, 0.2) is 5.16 Å². The summed E-state index contributed by atoms with van der Waals surface area (Å²) in [5.74, 6) is 1.58. The first-order valence-electron chi connectivity index (χ1n) is 5.08. The highest BCUT2D eigenvalue weighted by Gasteiger charge is 2.10. The minimum atomic E-state index is 0. The number of hydrogen-bond acceptors (Lipinski definition) is 6. The fraction of sp³-hybridized carbons (Fsp3) is 0.300. The summed E-state index contributed by atoms with van der Waals surface area (Å²) in [7, 11) is 0. The minimum absolute atomic E-state index is 0. The van der Waals surface area contributed by atoms with Crippen molar-refractivity contribution >= 4 is 35.5 Å². The first-order valence-corrected chi connectivity index (χ1v) is 7.01. The fourth-order valence-corrected chi connectivity index (χ4v) is 2.87. The zero-order valence-electron chi connectivity index (χ0n) is 9.65. The molecule has 8 heteroatoms. The average molecular weight is 304 g/mol. The van der Waals surface area contributed by atoms with Gasteiger partial charge < -0.3 is 10.3 Å². The van der Waals surface area contributed by atoms with Crippen molar-refractivity contribution in [2.45, 2.75) is 24.0 Å². The van der Waals surface area contributed by atoms with E-state index in [-0.39, 0.29) is 12.4 Å². The van der Waals surface area contributed by atoms with Crippen molar-refractivity contribution in [1.29, 1.82) is 0 Å². The van der Waals surface area contributed by atoms with Crippen molar-refractivity contribution in [3.63, 3.8) is 0 Å². The van der Waals surface area contributed by atoms with Crippen LogP contribution in [0.1, 0.15) is 11.5 Å². The number of rotatable bonds is 6. The molecule has 0 saturated carbocycles. The van der Waals surface area contributed by atoms with Crippen LogP contribution in [0.25, 0.3) is 0 Å². The molecule has 0 bridgehead atoms. The molecular weight excluding hydrogens is 290 g/mol. The number of hydrogen-bond donors (Lipinski definition) is 1. The van der Waals surface area contributed by atoms with Crippen molar-refractivity contribution in [3.05, 3.63) is 35.1 Å². The number of thiazole rings is 1. The molecule has 0 aliphatic rings. The van der Waals surface area contributed by atoms with Crippen LogP contribution in [-0.4, -0.2) is 19.7 Å². The van der Waals surface area contributed by atoms with Gasteiger partial charge in [0.25, 0.3) is 0 Å². The second-order valence-corrected chi connectivity index (χ2v) is 4.93. The summed E-state index contributed by atoms with van der Waals surface area (Å²) in [6, 6.07) is 0. The topological polar surface area (TPSA) is 69.6 Å². The van der Waals surface area contributed by atoms with E-state index in [0.717, 1.165) is 22.4 Å². The molecule has 98 valence electrons. The largest absolute Gasteiger partial charge is 0.324 e. The Morgan fingerprint density at radius 3 is 2.94 bits per heavy atom. The van der Waals surface area contributed by atoms with Gasteiger partial charge in [0.1, 0.15) is 5.82 Å². The molecule has 0 atom stereocenters.